The third-order valence-corrected chi connectivity index (χ3v) is 4.06. The lowest BCUT2D eigenvalue weighted by molar-refractivity contribution is -0.137. The molecule has 0 bridgehead atoms. The SMILES string of the molecule is O=C(O)CCCCCCCCC(=O)CCCc1ccc(O)c(O)c1. The van der Waals surface area contributed by atoms with Crippen LogP contribution in [-0.2, 0) is 16.0 Å². The molecular formula is C19H28O5. The highest BCUT2D eigenvalue weighted by Crippen LogP contribution is 2.25. The highest BCUT2D eigenvalue weighted by Gasteiger charge is 2.04. The van der Waals surface area contributed by atoms with Crippen molar-refractivity contribution in [3.63, 3.8) is 0 Å². The number of carbonyl (C=O) groups is 2. The van der Waals surface area contributed by atoms with Crippen LogP contribution >= 0.6 is 0 Å². The first kappa shape index (κ1) is 20.0. The standard InChI is InChI=1S/C19H28O5/c20-16(9-5-3-1-2-4-6-11-19(23)24)10-7-8-15-12-13-17(21)18(22)14-15/h12-14,21-22H,1-11H2,(H,23,24). The second-order valence-electron chi connectivity index (χ2n) is 6.23. The maximum Gasteiger partial charge on any atom is 0.303 e. The number of hydrogen-bond donors (Lipinski definition) is 3. The Hall–Kier alpha value is -2.04. The van der Waals surface area contributed by atoms with Crippen molar-refractivity contribution in [2.75, 3.05) is 0 Å². The third kappa shape index (κ3) is 9.18. The number of unbranched alkanes of at least 4 members (excludes halogenated alkanes) is 5. The van der Waals surface area contributed by atoms with Gasteiger partial charge in [-0.25, -0.2) is 0 Å². The van der Waals surface area contributed by atoms with Gasteiger partial charge in [-0.2, -0.15) is 0 Å². The molecule has 0 aliphatic heterocycles. The molecule has 0 atom stereocenters. The molecule has 0 amide bonds. The summed E-state index contributed by atoms with van der Waals surface area (Å²) in [6.07, 6.45) is 8.55. The number of carboxylic acids is 1. The molecule has 5 nitrogen and oxygen atoms in total. The molecule has 0 heterocycles. The Bertz CT molecular complexity index is 524. The van der Waals surface area contributed by atoms with Gasteiger partial charge in [-0.15, -0.1) is 0 Å². The van der Waals surface area contributed by atoms with Crippen molar-refractivity contribution in [3.8, 4) is 11.5 Å². The normalized spacial score (nSPS) is 10.7. The van der Waals surface area contributed by atoms with E-state index in [4.69, 9.17) is 5.11 Å². The number of phenolic OH excluding ortho intramolecular Hbond substituents is 2. The number of rotatable bonds is 13. The van der Waals surface area contributed by atoms with Crippen LogP contribution < -0.4 is 0 Å². The Morgan fingerprint density at radius 3 is 1.96 bits per heavy atom. The fraction of sp³-hybridized carbons (Fsp3) is 0.579. The molecule has 0 radical (unpaired) electrons. The van der Waals surface area contributed by atoms with Crippen molar-refractivity contribution in [1.29, 1.82) is 0 Å². The Kier molecular flexibility index (Phi) is 9.58. The second-order valence-corrected chi connectivity index (χ2v) is 6.23. The quantitative estimate of drug-likeness (QED) is 0.371. The first-order valence-electron chi connectivity index (χ1n) is 8.73. The van der Waals surface area contributed by atoms with Crippen molar-refractivity contribution in [3.05, 3.63) is 23.8 Å². The van der Waals surface area contributed by atoms with Crippen molar-refractivity contribution >= 4 is 11.8 Å². The Balaban J connectivity index is 2.00. The van der Waals surface area contributed by atoms with E-state index >= 15 is 0 Å². The number of aryl methyl sites for hydroxylation is 1. The lowest BCUT2D eigenvalue weighted by Gasteiger charge is -2.04. The van der Waals surface area contributed by atoms with E-state index in [1.165, 1.54) is 12.1 Å². The number of Topliss-reactive ketones (excluding diaryl/α,β-unsaturated/α-hetero) is 1. The van der Waals surface area contributed by atoms with Gasteiger partial charge in [0.2, 0.25) is 0 Å². The number of phenols is 2. The summed E-state index contributed by atoms with van der Waals surface area (Å²) in [5.41, 5.74) is 0.916. The van der Waals surface area contributed by atoms with Crippen molar-refractivity contribution in [2.45, 2.75) is 70.6 Å². The number of ketones is 1. The van der Waals surface area contributed by atoms with Gasteiger partial charge in [-0.1, -0.05) is 31.7 Å². The third-order valence-electron chi connectivity index (χ3n) is 4.06. The van der Waals surface area contributed by atoms with Crippen LogP contribution in [-0.4, -0.2) is 27.1 Å². The molecule has 1 aromatic carbocycles. The second kappa shape index (κ2) is 11.5. The molecule has 0 saturated heterocycles. The predicted molar refractivity (Wildman–Crippen MR) is 92.3 cm³/mol. The number of carboxylic acid groups (broad SMARTS) is 1. The van der Waals surface area contributed by atoms with Crippen LogP contribution in [0, 0.1) is 0 Å². The summed E-state index contributed by atoms with van der Waals surface area (Å²) < 4.78 is 0. The fourth-order valence-corrected chi connectivity index (χ4v) is 2.64. The average Bonchev–Trinajstić information content (AvgIpc) is 2.53. The summed E-state index contributed by atoms with van der Waals surface area (Å²) >= 11 is 0. The van der Waals surface area contributed by atoms with E-state index in [1.807, 2.05) is 0 Å². The van der Waals surface area contributed by atoms with E-state index in [0.717, 1.165) is 50.5 Å². The van der Waals surface area contributed by atoms with E-state index in [0.29, 0.717) is 19.3 Å². The van der Waals surface area contributed by atoms with Crippen molar-refractivity contribution in [2.24, 2.45) is 0 Å². The van der Waals surface area contributed by atoms with Crippen LogP contribution in [0.4, 0.5) is 0 Å². The van der Waals surface area contributed by atoms with E-state index in [1.54, 1.807) is 6.07 Å². The maximum atomic E-state index is 11.8. The minimum Gasteiger partial charge on any atom is -0.504 e. The summed E-state index contributed by atoms with van der Waals surface area (Å²) in [5.74, 6) is -0.716. The highest BCUT2D eigenvalue weighted by molar-refractivity contribution is 5.78. The minimum atomic E-state index is -0.733. The molecule has 0 aromatic heterocycles. The zero-order chi connectivity index (χ0) is 17.8. The van der Waals surface area contributed by atoms with Gasteiger partial charge in [0, 0.05) is 19.3 Å². The zero-order valence-corrected chi connectivity index (χ0v) is 14.2. The number of aromatic hydroxyl groups is 2. The van der Waals surface area contributed by atoms with Crippen molar-refractivity contribution in [1.82, 2.24) is 0 Å². The average molecular weight is 336 g/mol. The van der Waals surface area contributed by atoms with E-state index in [9.17, 15) is 19.8 Å². The van der Waals surface area contributed by atoms with Gasteiger partial charge in [0.25, 0.3) is 0 Å². The van der Waals surface area contributed by atoms with Crippen LogP contribution in [0.2, 0.25) is 0 Å². The fourth-order valence-electron chi connectivity index (χ4n) is 2.64. The van der Waals surface area contributed by atoms with Gasteiger partial charge >= 0.3 is 5.97 Å². The predicted octanol–water partition coefficient (Wildman–Crippen LogP) is 4.20. The van der Waals surface area contributed by atoms with E-state index in [-0.39, 0.29) is 23.7 Å². The first-order chi connectivity index (χ1) is 11.5. The molecule has 0 unspecified atom stereocenters. The molecule has 0 aliphatic rings. The molecule has 0 fully saturated rings. The maximum absolute atomic E-state index is 11.8. The van der Waals surface area contributed by atoms with Gasteiger partial charge in [0.15, 0.2) is 11.5 Å². The molecule has 0 saturated carbocycles. The molecular weight excluding hydrogens is 308 g/mol. The van der Waals surface area contributed by atoms with Gasteiger partial charge in [0.1, 0.15) is 5.78 Å². The monoisotopic (exact) mass is 336 g/mol. The largest absolute Gasteiger partial charge is 0.504 e. The summed E-state index contributed by atoms with van der Waals surface area (Å²) in [6, 6.07) is 4.75. The molecule has 3 N–H and O–H groups in total. The van der Waals surface area contributed by atoms with Crippen LogP contribution in [0.5, 0.6) is 11.5 Å². The lowest BCUT2D eigenvalue weighted by Crippen LogP contribution is -1.99. The smallest absolute Gasteiger partial charge is 0.303 e. The highest BCUT2D eigenvalue weighted by atomic mass is 16.4. The van der Waals surface area contributed by atoms with Gasteiger partial charge in [-0.3, -0.25) is 9.59 Å². The number of carbonyl (C=O) groups excluding carboxylic acids is 1. The van der Waals surface area contributed by atoms with Crippen molar-refractivity contribution < 1.29 is 24.9 Å². The van der Waals surface area contributed by atoms with E-state index in [2.05, 4.69) is 0 Å². The summed E-state index contributed by atoms with van der Waals surface area (Å²) in [5, 5.41) is 27.2. The molecule has 24 heavy (non-hydrogen) atoms. The first-order valence-corrected chi connectivity index (χ1v) is 8.73. The molecule has 1 aromatic rings. The van der Waals surface area contributed by atoms with E-state index < -0.39 is 5.97 Å². The molecule has 134 valence electrons. The molecule has 1 rings (SSSR count). The Labute approximate surface area is 143 Å². The summed E-state index contributed by atoms with van der Waals surface area (Å²) in [7, 11) is 0. The van der Waals surface area contributed by atoms with Crippen LogP contribution in [0.25, 0.3) is 0 Å². The summed E-state index contributed by atoms with van der Waals surface area (Å²) in [4.78, 5) is 22.2. The molecule has 0 spiro atoms. The van der Waals surface area contributed by atoms with Gasteiger partial charge < -0.3 is 15.3 Å². The topological polar surface area (TPSA) is 94.8 Å². The Morgan fingerprint density at radius 2 is 1.33 bits per heavy atom. The number of aliphatic carboxylic acids is 1. The summed E-state index contributed by atoms with van der Waals surface area (Å²) in [6.45, 7) is 0. The zero-order valence-electron chi connectivity index (χ0n) is 14.2. The number of hydrogen-bond acceptors (Lipinski definition) is 4. The van der Waals surface area contributed by atoms with Gasteiger partial charge in [-0.05, 0) is 43.4 Å². The number of benzene rings is 1. The van der Waals surface area contributed by atoms with Gasteiger partial charge in [0.05, 0.1) is 0 Å². The molecule has 5 heteroatoms. The molecule has 0 aliphatic carbocycles. The van der Waals surface area contributed by atoms with Crippen LogP contribution in [0.3, 0.4) is 0 Å². The van der Waals surface area contributed by atoms with Crippen LogP contribution in [0.1, 0.15) is 69.8 Å². The Morgan fingerprint density at radius 1 is 0.750 bits per heavy atom. The lowest BCUT2D eigenvalue weighted by atomic mass is 10.0. The van der Waals surface area contributed by atoms with Crippen LogP contribution in [0.15, 0.2) is 18.2 Å². The minimum absolute atomic E-state index is 0.123.